The Hall–Kier alpha value is -2.24. The summed E-state index contributed by atoms with van der Waals surface area (Å²) in [5, 5.41) is 0. The number of hydrogen-bond acceptors (Lipinski definition) is 4. The number of nitrogens with two attached hydrogens (primary N) is 3. The average molecular weight is 248 g/mol. The van der Waals surface area contributed by atoms with Crippen molar-refractivity contribution in [2.24, 2.45) is 17.4 Å². The molecular weight excluding hydrogens is 232 g/mol. The molecule has 1 unspecified atom stereocenters. The molecule has 6 heteroatoms. The molecule has 1 saturated heterocycles. The van der Waals surface area contributed by atoms with Crippen molar-refractivity contribution in [2.75, 3.05) is 23.7 Å². The lowest BCUT2D eigenvalue weighted by atomic mass is 10.1. The number of carbonyl (C=O) groups is 2. The molecule has 0 saturated carbocycles. The van der Waals surface area contributed by atoms with Crippen molar-refractivity contribution in [2.45, 2.75) is 6.42 Å². The summed E-state index contributed by atoms with van der Waals surface area (Å²) in [4.78, 5) is 24.4. The first-order valence-electron chi connectivity index (χ1n) is 5.73. The van der Waals surface area contributed by atoms with Gasteiger partial charge in [-0.2, -0.15) is 0 Å². The highest BCUT2D eigenvalue weighted by molar-refractivity contribution is 6.01. The van der Waals surface area contributed by atoms with E-state index in [1.165, 1.54) is 0 Å². The molecule has 2 amide bonds. The molecule has 1 heterocycles. The summed E-state index contributed by atoms with van der Waals surface area (Å²) in [5.41, 5.74) is 18.0. The van der Waals surface area contributed by atoms with Crippen molar-refractivity contribution in [1.29, 1.82) is 0 Å². The number of carbonyl (C=O) groups excluding carboxylic acids is 2. The molecule has 6 N–H and O–H groups in total. The van der Waals surface area contributed by atoms with E-state index in [9.17, 15) is 9.59 Å². The maximum absolute atomic E-state index is 11.4. The van der Waals surface area contributed by atoms with Crippen LogP contribution in [0.3, 0.4) is 0 Å². The number of nitrogens with zero attached hydrogens (tertiary/aromatic N) is 1. The highest BCUT2D eigenvalue weighted by atomic mass is 16.1. The number of amides is 2. The molecule has 1 aliphatic rings. The Bertz CT molecular complexity index is 501. The van der Waals surface area contributed by atoms with Gasteiger partial charge in [0.1, 0.15) is 0 Å². The lowest BCUT2D eigenvalue weighted by molar-refractivity contribution is -0.121. The summed E-state index contributed by atoms with van der Waals surface area (Å²) < 4.78 is 0. The number of hydrogen-bond donors (Lipinski definition) is 3. The molecule has 0 aliphatic carbocycles. The Morgan fingerprint density at radius 1 is 1.28 bits per heavy atom. The quantitative estimate of drug-likeness (QED) is 0.635. The first-order valence-corrected chi connectivity index (χ1v) is 5.73. The van der Waals surface area contributed by atoms with Gasteiger partial charge in [0.05, 0.1) is 22.9 Å². The monoisotopic (exact) mass is 248 g/mol. The number of anilines is 2. The summed E-state index contributed by atoms with van der Waals surface area (Å²) in [6.45, 7) is 1.12. The van der Waals surface area contributed by atoms with Crippen LogP contribution in [-0.4, -0.2) is 24.9 Å². The van der Waals surface area contributed by atoms with Gasteiger partial charge in [-0.15, -0.1) is 0 Å². The Balaban J connectivity index is 2.34. The number of benzene rings is 1. The van der Waals surface area contributed by atoms with Crippen molar-refractivity contribution in [3.8, 4) is 0 Å². The van der Waals surface area contributed by atoms with E-state index in [1.807, 2.05) is 4.90 Å². The van der Waals surface area contributed by atoms with Gasteiger partial charge in [-0.05, 0) is 18.6 Å². The van der Waals surface area contributed by atoms with Crippen LogP contribution in [0.2, 0.25) is 0 Å². The van der Waals surface area contributed by atoms with Gasteiger partial charge in [0.15, 0.2) is 0 Å². The van der Waals surface area contributed by atoms with Crippen molar-refractivity contribution < 1.29 is 9.59 Å². The molecule has 1 aromatic rings. The molecular formula is C12H16N4O2. The SMILES string of the molecule is NC(=O)c1cccc(N)c1N1CCC(C(N)=O)C1. The summed E-state index contributed by atoms with van der Waals surface area (Å²) in [5.74, 6) is -1.06. The van der Waals surface area contributed by atoms with Crippen LogP contribution in [-0.2, 0) is 4.79 Å². The Labute approximate surface area is 105 Å². The number of nitrogen functional groups attached to an aromatic ring is 1. The second-order valence-corrected chi connectivity index (χ2v) is 4.44. The molecule has 0 aromatic heterocycles. The molecule has 1 aromatic carbocycles. The second kappa shape index (κ2) is 4.56. The normalized spacial score (nSPS) is 18.9. The van der Waals surface area contributed by atoms with E-state index < -0.39 is 5.91 Å². The predicted molar refractivity (Wildman–Crippen MR) is 68.9 cm³/mol. The molecule has 96 valence electrons. The topological polar surface area (TPSA) is 115 Å². The minimum absolute atomic E-state index is 0.203. The standard InChI is InChI=1S/C12H16N4O2/c13-9-3-1-2-8(12(15)18)10(9)16-5-4-7(6-16)11(14)17/h1-3,7H,4-6,13H2,(H2,14,17)(H2,15,18). The number of rotatable bonds is 3. The van der Waals surface area contributed by atoms with Gasteiger partial charge in [-0.25, -0.2) is 0 Å². The van der Waals surface area contributed by atoms with E-state index in [0.717, 1.165) is 0 Å². The third-order valence-corrected chi connectivity index (χ3v) is 3.24. The highest BCUT2D eigenvalue weighted by Gasteiger charge is 2.29. The van der Waals surface area contributed by atoms with Gasteiger partial charge >= 0.3 is 0 Å². The lowest BCUT2D eigenvalue weighted by Crippen LogP contribution is -2.29. The van der Waals surface area contributed by atoms with Crippen LogP contribution in [0, 0.1) is 5.92 Å². The van der Waals surface area contributed by atoms with Crippen LogP contribution in [0.4, 0.5) is 11.4 Å². The second-order valence-electron chi connectivity index (χ2n) is 4.44. The van der Waals surface area contributed by atoms with Crippen LogP contribution in [0.15, 0.2) is 18.2 Å². The van der Waals surface area contributed by atoms with Crippen LogP contribution in [0.1, 0.15) is 16.8 Å². The van der Waals surface area contributed by atoms with Crippen LogP contribution in [0.5, 0.6) is 0 Å². The molecule has 1 aliphatic heterocycles. The fourth-order valence-corrected chi connectivity index (χ4v) is 2.31. The third-order valence-electron chi connectivity index (χ3n) is 3.24. The molecule has 0 radical (unpaired) electrons. The molecule has 1 fully saturated rings. The van der Waals surface area contributed by atoms with E-state index in [0.29, 0.717) is 36.4 Å². The van der Waals surface area contributed by atoms with Crippen LogP contribution < -0.4 is 22.1 Å². The van der Waals surface area contributed by atoms with E-state index in [-0.39, 0.29) is 11.8 Å². The van der Waals surface area contributed by atoms with Crippen LogP contribution in [0.25, 0.3) is 0 Å². The summed E-state index contributed by atoms with van der Waals surface area (Å²) >= 11 is 0. The fourth-order valence-electron chi connectivity index (χ4n) is 2.31. The van der Waals surface area contributed by atoms with E-state index in [4.69, 9.17) is 17.2 Å². The molecule has 0 bridgehead atoms. The van der Waals surface area contributed by atoms with Gasteiger partial charge in [0, 0.05) is 13.1 Å². The molecule has 18 heavy (non-hydrogen) atoms. The zero-order valence-electron chi connectivity index (χ0n) is 9.93. The van der Waals surface area contributed by atoms with E-state index >= 15 is 0 Å². The van der Waals surface area contributed by atoms with Gasteiger partial charge in [0.2, 0.25) is 5.91 Å². The zero-order valence-corrected chi connectivity index (χ0v) is 9.93. The lowest BCUT2D eigenvalue weighted by Gasteiger charge is -2.22. The Morgan fingerprint density at radius 2 is 2.00 bits per heavy atom. The number of primary amides is 2. The Morgan fingerprint density at radius 3 is 2.56 bits per heavy atom. The summed E-state index contributed by atoms with van der Waals surface area (Å²) in [6, 6.07) is 5.02. The fraction of sp³-hybridized carbons (Fsp3) is 0.333. The van der Waals surface area contributed by atoms with Gasteiger partial charge in [0.25, 0.3) is 5.91 Å². The molecule has 6 nitrogen and oxygen atoms in total. The van der Waals surface area contributed by atoms with Crippen molar-refractivity contribution in [1.82, 2.24) is 0 Å². The first-order chi connectivity index (χ1) is 8.50. The highest BCUT2D eigenvalue weighted by Crippen LogP contribution is 2.32. The van der Waals surface area contributed by atoms with Crippen LogP contribution >= 0.6 is 0 Å². The smallest absolute Gasteiger partial charge is 0.250 e. The number of para-hydroxylation sites is 1. The van der Waals surface area contributed by atoms with Gasteiger partial charge < -0.3 is 22.1 Å². The van der Waals surface area contributed by atoms with Crippen molar-refractivity contribution >= 4 is 23.2 Å². The molecule has 0 spiro atoms. The predicted octanol–water partition coefficient (Wildman–Crippen LogP) is -0.321. The van der Waals surface area contributed by atoms with Crippen molar-refractivity contribution in [3.05, 3.63) is 23.8 Å². The van der Waals surface area contributed by atoms with E-state index in [2.05, 4.69) is 0 Å². The largest absolute Gasteiger partial charge is 0.397 e. The van der Waals surface area contributed by atoms with Gasteiger partial charge in [-0.3, -0.25) is 9.59 Å². The van der Waals surface area contributed by atoms with E-state index in [1.54, 1.807) is 18.2 Å². The minimum Gasteiger partial charge on any atom is -0.397 e. The average Bonchev–Trinajstić information content (AvgIpc) is 2.77. The third kappa shape index (κ3) is 2.09. The molecule has 2 rings (SSSR count). The Kier molecular flexibility index (Phi) is 3.10. The summed E-state index contributed by atoms with van der Waals surface area (Å²) in [7, 11) is 0. The summed E-state index contributed by atoms with van der Waals surface area (Å²) in [6.07, 6.45) is 0.669. The minimum atomic E-state index is -0.528. The maximum atomic E-state index is 11.4. The molecule has 1 atom stereocenters. The van der Waals surface area contributed by atoms with Crippen molar-refractivity contribution in [3.63, 3.8) is 0 Å². The van der Waals surface area contributed by atoms with Gasteiger partial charge in [-0.1, -0.05) is 6.07 Å². The first kappa shape index (κ1) is 12.2. The maximum Gasteiger partial charge on any atom is 0.250 e. The zero-order chi connectivity index (χ0) is 13.3.